The SMILES string of the molecule is O=C1C[C@@H]2C(CC(O)C2OCC(O)COc2ccc(F)cc2)O1. The average Bonchev–Trinajstić information content (AvgIpc) is 3.00. The molecule has 2 aliphatic rings. The van der Waals surface area contributed by atoms with Gasteiger partial charge in [-0.1, -0.05) is 0 Å². The van der Waals surface area contributed by atoms with E-state index in [1.165, 1.54) is 24.3 Å². The van der Waals surface area contributed by atoms with E-state index in [9.17, 15) is 19.4 Å². The van der Waals surface area contributed by atoms with Crippen molar-refractivity contribution in [2.75, 3.05) is 13.2 Å². The number of fused-ring (bicyclic) bond motifs is 1. The summed E-state index contributed by atoms with van der Waals surface area (Å²) in [6.07, 6.45) is -1.83. The van der Waals surface area contributed by atoms with E-state index in [1.807, 2.05) is 0 Å². The Morgan fingerprint density at radius 2 is 2.04 bits per heavy atom. The molecule has 23 heavy (non-hydrogen) atoms. The molecule has 1 saturated carbocycles. The number of benzene rings is 1. The Hall–Kier alpha value is -1.70. The van der Waals surface area contributed by atoms with E-state index in [1.54, 1.807) is 0 Å². The normalized spacial score (nSPS) is 30.8. The number of hydrogen-bond donors (Lipinski definition) is 2. The van der Waals surface area contributed by atoms with Gasteiger partial charge >= 0.3 is 5.97 Å². The monoisotopic (exact) mass is 326 g/mol. The standard InChI is InChI=1S/C16H19FO6/c17-9-1-3-11(4-2-9)21-7-10(18)8-22-16-12-5-15(20)23-14(12)6-13(16)19/h1-4,10,12-14,16,18-19H,5-8H2/t10?,12-,13?,14?,16?/m1/s1. The predicted octanol–water partition coefficient (Wildman–Crippen LogP) is 0.647. The van der Waals surface area contributed by atoms with Crippen molar-refractivity contribution in [3.63, 3.8) is 0 Å². The molecule has 1 aromatic rings. The third-order valence-electron chi connectivity index (χ3n) is 4.17. The van der Waals surface area contributed by atoms with Gasteiger partial charge in [-0.25, -0.2) is 4.39 Å². The van der Waals surface area contributed by atoms with Gasteiger partial charge < -0.3 is 24.4 Å². The Balaban J connectivity index is 1.44. The van der Waals surface area contributed by atoms with Gasteiger partial charge in [0.1, 0.15) is 30.4 Å². The second kappa shape index (κ2) is 6.82. The summed E-state index contributed by atoms with van der Waals surface area (Å²) in [4.78, 5) is 11.3. The molecule has 0 bridgehead atoms. The summed E-state index contributed by atoms with van der Waals surface area (Å²) >= 11 is 0. The van der Waals surface area contributed by atoms with Gasteiger partial charge in [0.2, 0.25) is 0 Å². The van der Waals surface area contributed by atoms with Gasteiger partial charge in [-0.2, -0.15) is 0 Å². The van der Waals surface area contributed by atoms with E-state index in [0.29, 0.717) is 12.2 Å². The van der Waals surface area contributed by atoms with Crippen LogP contribution in [0.1, 0.15) is 12.8 Å². The maximum Gasteiger partial charge on any atom is 0.306 e. The minimum atomic E-state index is -0.899. The molecule has 4 unspecified atom stereocenters. The van der Waals surface area contributed by atoms with Crippen LogP contribution < -0.4 is 4.74 Å². The van der Waals surface area contributed by atoms with E-state index in [4.69, 9.17) is 14.2 Å². The number of carbonyl (C=O) groups excluding carboxylic acids is 1. The molecule has 3 rings (SSSR count). The van der Waals surface area contributed by atoms with Gasteiger partial charge in [0.05, 0.1) is 25.2 Å². The van der Waals surface area contributed by atoms with Crippen LogP contribution in [0.4, 0.5) is 4.39 Å². The fourth-order valence-electron chi connectivity index (χ4n) is 3.06. The maximum absolute atomic E-state index is 12.8. The van der Waals surface area contributed by atoms with Crippen LogP contribution in [-0.2, 0) is 14.3 Å². The topological polar surface area (TPSA) is 85.2 Å². The van der Waals surface area contributed by atoms with Crippen LogP contribution in [0.2, 0.25) is 0 Å². The highest BCUT2D eigenvalue weighted by atomic mass is 19.1. The van der Waals surface area contributed by atoms with Gasteiger partial charge in [-0.05, 0) is 24.3 Å². The number of hydrogen-bond acceptors (Lipinski definition) is 6. The molecule has 0 spiro atoms. The number of aliphatic hydroxyl groups is 2. The number of halogens is 1. The van der Waals surface area contributed by atoms with Gasteiger partial charge in [-0.15, -0.1) is 0 Å². The van der Waals surface area contributed by atoms with Gasteiger partial charge in [0.25, 0.3) is 0 Å². The number of esters is 1. The quantitative estimate of drug-likeness (QED) is 0.747. The first-order valence-corrected chi connectivity index (χ1v) is 7.58. The Bertz CT molecular complexity index is 548. The average molecular weight is 326 g/mol. The van der Waals surface area contributed by atoms with E-state index in [2.05, 4.69) is 0 Å². The number of rotatable bonds is 6. The predicted molar refractivity (Wildman–Crippen MR) is 76.3 cm³/mol. The second-order valence-electron chi connectivity index (χ2n) is 5.92. The number of carbonyl (C=O) groups is 1. The van der Waals surface area contributed by atoms with Crippen molar-refractivity contribution < 1.29 is 33.6 Å². The highest BCUT2D eigenvalue weighted by molar-refractivity contribution is 5.72. The van der Waals surface area contributed by atoms with Crippen LogP contribution in [0.3, 0.4) is 0 Å². The van der Waals surface area contributed by atoms with Crippen LogP contribution in [0, 0.1) is 11.7 Å². The number of ether oxygens (including phenoxy) is 3. The van der Waals surface area contributed by atoms with Crippen molar-refractivity contribution in [1.29, 1.82) is 0 Å². The van der Waals surface area contributed by atoms with Crippen LogP contribution in [0.15, 0.2) is 24.3 Å². The first-order chi connectivity index (χ1) is 11.0. The van der Waals surface area contributed by atoms with Crippen LogP contribution in [-0.4, -0.2) is 53.8 Å². The number of aliphatic hydroxyl groups excluding tert-OH is 2. The molecule has 5 atom stereocenters. The van der Waals surface area contributed by atoms with Crippen molar-refractivity contribution in [1.82, 2.24) is 0 Å². The molecule has 1 aromatic carbocycles. The zero-order valence-electron chi connectivity index (χ0n) is 12.4. The molecule has 1 saturated heterocycles. The van der Waals surface area contributed by atoms with Crippen LogP contribution in [0.25, 0.3) is 0 Å². The van der Waals surface area contributed by atoms with E-state index < -0.39 is 18.3 Å². The van der Waals surface area contributed by atoms with E-state index >= 15 is 0 Å². The smallest absolute Gasteiger partial charge is 0.306 e. The minimum Gasteiger partial charge on any atom is -0.491 e. The van der Waals surface area contributed by atoms with Crippen LogP contribution >= 0.6 is 0 Å². The molecule has 2 fully saturated rings. The summed E-state index contributed by atoms with van der Waals surface area (Å²) in [5, 5.41) is 19.9. The van der Waals surface area contributed by atoms with Crippen molar-refractivity contribution in [2.24, 2.45) is 5.92 Å². The largest absolute Gasteiger partial charge is 0.491 e. The fraction of sp³-hybridized carbons (Fsp3) is 0.562. The minimum absolute atomic E-state index is 0.0159. The Labute approximate surface area is 132 Å². The lowest BCUT2D eigenvalue weighted by atomic mass is 10.0. The van der Waals surface area contributed by atoms with Crippen molar-refractivity contribution in [2.45, 2.75) is 37.3 Å². The molecule has 0 amide bonds. The molecule has 126 valence electrons. The summed E-state index contributed by atoms with van der Waals surface area (Å²) in [7, 11) is 0. The van der Waals surface area contributed by atoms with Crippen molar-refractivity contribution in [3.05, 3.63) is 30.1 Å². The lowest BCUT2D eigenvalue weighted by Gasteiger charge is -2.22. The summed E-state index contributed by atoms with van der Waals surface area (Å²) in [6.45, 7) is -0.0433. The van der Waals surface area contributed by atoms with Crippen molar-refractivity contribution in [3.8, 4) is 5.75 Å². The molecule has 1 aliphatic carbocycles. The van der Waals surface area contributed by atoms with E-state index in [-0.39, 0.29) is 43.4 Å². The first-order valence-electron chi connectivity index (χ1n) is 7.58. The highest BCUT2D eigenvalue weighted by Gasteiger charge is 2.50. The zero-order chi connectivity index (χ0) is 16.4. The van der Waals surface area contributed by atoms with Gasteiger partial charge in [0, 0.05) is 12.3 Å². The van der Waals surface area contributed by atoms with Gasteiger partial charge in [-0.3, -0.25) is 4.79 Å². The van der Waals surface area contributed by atoms with Crippen molar-refractivity contribution >= 4 is 5.97 Å². The molecule has 6 nitrogen and oxygen atoms in total. The molecule has 7 heteroatoms. The third-order valence-corrected chi connectivity index (χ3v) is 4.17. The summed E-state index contributed by atoms with van der Waals surface area (Å²) in [5.41, 5.74) is 0. The zero-order valence-corrected chi connectivity index (χ0v) is 12.4. The fourth-order valence-corrected chi connectivity index (χ4v) is 3.06. The second-order valence-corrected chi connectivity index (χ2v) is 5.92. The molecule has 2 N–H and O–H groups in total. The lowest BCUT2D eigenvalue weighted by Crippen LogP contribution is -2.34. The van der Waals surface area contributed by atoms with Gasteiger partial charge in [0.15, 0.2) is 0 Å². The van der Waals surface area contributed by atoms with Crippen LogP contribution in [0.5, 0.6) is 5.75 Å². The highest BCUT2D eigenvalue weighted by Crippen LogP contribution is 2.38. The summed E-state index contributed by atoms with van der Waals surface area (Å²) in [5.74, 6) is -0.357. The third kappa shape index (κ3) is 3.80. The summed E-state index contributed by atoms with van der Waals surface area (Å²) < 4.78 is 28.8. The molecular formula is C16H19FO6. The molecule has 1 heterocycles. The maximum atomic E-state index is 12.8. The molecule has 0 aromatic heterocycles. The Morgan fingerprint density at radius 3 is 2.78 bits per heavy atom. The summed E-state index contributed by atoms with van der Waals surface area (Å²) in [6, 6.07) is 5.47. The molecular weight excluding hydrogens is 307 g/mol. The molecule has 1 aliphatic heterocycles. The lowest BCUT2D eigenvalue weighted by molar-refractivity contribution is -0.142. The first kappa shape index (κ1) is 16.2. The Kier molecular flexibility index (Phi) is 4.79. The molecule has 0 radical (unpaired) electrons. The Morgan fingerprint density at radius 1 is 1.30 bits per heavy atom. The van der Waals surface area contributed by atoms with E-state index in [0.717, 1.165) is 0 Å².